The van der Waals surface area contributed by atoms with Gasteiger partial charge in [-0.25, -0.2) is 23.1 Å². The molecule has 0 saturated carbocycles. The SMILES string of the molecule is C[C@H]1C[C@@H](COP(=O)(OCOC(=O)C(C)(C)C)OCOC(=O)C(C)(C)C)O[C@H]1c1ccc2c(N)ncnn12. The average molecular weight is 557 g/mol. The summed E-state index contributed by atoms with van der Waals surface area (Å²) in [6.45, 7) is 10.5. The summed E-state index contributed by atoms with van der Waals surface area (Å²) in [6.07, 6.45) is 1.16. The molecule has 38 heavy (non-hydrogen) atoms. The van der Waals surface area contributed by atoms with Gasteiger partial charge in [0.25, 0.3) is 0 Å². The van der Waals surface area contributed by atoms with E-state index < -0.39 is 50.3 Å². The number of nitrogens with zero attached hydrogens (tertiary/aromatic N) is 3. The van der Waals surface area contributed by atoms with Crippen molar-refractivity contribution in [1.29, 1.82) is 0 Å². The van der Waals surface area contributed by atoms with E-state index in [2.05, 4.69) is 10.1 Å². The summed E-state index contributed by atoms with van der Waals surface area (Å²) >= 11 is 0. The zero-order valence-corrected chi connectivity index (χ0v) is 23.7. The van der Waals surface area contributed by atoms with Crippen molar-refractivity contribution in [3.8, 4) is 0 Å². The maximum Gasteiger partial charge on any atom is 0.480 e. The molecule has 0 aliphatic carbocycles. The summed E-state index contributed by atoms with van der Waals surface area (Å²) in [5.41, 5.74) is 5.81. The van der Waals surface area contributed by atoms with Crippen LogP contribution in [0.15, 0.2) is 18.5 Å². The molecule has 0 bridgehead atoms. The van der Waals surface area contributed by atoms with Crippen LogP contribution < -0.4 is 5.73 Å². The molecular weight excluding hydrogens is 519 g/mol. The Morgan fingerprint density at radius 2 is 1.63 bits per heavy atom. The molecule has 0 unspecified atom stereocenters. The Morgan fingerprint density at radius 1 is 1.05 bits per heavy atom. The van der Waals surface area contributed by atoms with E-state index in [4.69, 9.17) is 33.5 Å². The second-order valence-corrected chi connectivity index (χ2v) is 12.9. The quantitative estimate of drug-likeness (QED) is 0.254. The van der Waals surface area contributed by atoms with Crippen molar-refractivity contribution >= 4 is 31.1 Å². The zero-order valence-electron chi connectivity index (χ0n) is 22.8. The van der Waals surface area contributed by atoms with Crippen LogP contribution in [0.2, 0.25) is 0 Å². The minimum Gasteiger partial charge on any atom is -0.437 e. The highest BCUT2D eigenvalue weighted by atomic mass is 31.2. The Morgan fingerprint density at radius 3 is 2.18 bits per heavy atom. The number of esters is 2. The first-order chi connectivity index (χ1) is 17.6. The Hall–Kier alpha value is -2.57. The smallest absolute Gasteiger partial charge is 0.437 e. The van der Waals surface area contributed by atoms with E-state index >= 15 is 0 Å². The van der Waals surface area contributed by atoms with Crippen molar-refractivity contribution in [2.24, 2.45) is 16.7 Å². The van der Waals surface area contributed by atoms with Crippen LogP contribution in [0.25, 0.3) is 5.52 Å². The van der Waals surface area contributed by atoms with Crippen molar-refractivity contribution in [3.05, 3.63) is 24.2 Å². The number of ether oxygens (including phenoxy) is 3. The van der Waals surface area contributed by atoms with Crippen molar-refractivity contribution in [1.82, 2.24) is 14.6 Å². The van der Waals surface area contributed by atoms with Gasteiger partial charge in [0.1, 0.15) is 17.9 Å². The predicted molar refractivity (Wildman–Crippen MR) is 135 cm³/mol. The number of phosphoric ester groups is 1. The van der Waals surface area contributed by atoms with Gasteiger partial charge in [0.05, 0.1) is 29.2 Å². The van der Waals surface area contributed by atoms with Crippen LogP contribution in [0.1, 0.15) is 66.7 Å². The highest BCUT2D eigenvalue weighted by Crippen LogP contribution is 2.50. The summed E-state index contributed by atoms with van der Waals surface area (Å²) in [6, 6.07) is 3.69. The van der Waals surface area contributed by atoms with Gasteiger partial charge in [-0.1, -0.05) is 6.92 Å². The van der Waals surface area contributed by atoms with Crippen LogP contribution in [0.4, 0.5) is 5.82 Å². The molecule has 1 fully saturated rings. The Labute approximate surface area is 221 Å². The lowest BCUT2D eigenvalue weighted by Gasteiger charge is -2.22. The normalized spacial score (nSPS) is 20.6. The third-order valence-corrected chi connectivity index (χ3v) is 7.05. The van der Waals surface area contributed by atoms with Gasteiger partial charge < -0.3 is 19.9 Å². The first kappa shape index (κ1) is 30.0. The lowest BCUT2D eigenvalue weighted by molar-refractivity contribution is -0.163. The van der Waals surface area contributed by atoms with E-state index in [0.717, 1.165) is 5.69 Å². The van der Waals surface area contributed by atoms with Crippen LogP contribution >= 0.6 is 7.82 Å². The number of hydrogen-bond donors (Lipinski definition) is 1. The molecular formula is C24H37N4O9P. The standard InChI is InChI=1S/C24H37N4O9P/c1-15-10-16(37-19(15)17-8-9-18-20(25)26-12-27-28(17)18)11-34-38(31,35-13-32-21(29)23(2,3)4)36-14-33-22(30)24(5,6)7/h8-9,12,15-16,19H,10-11,13-14H2,1-7H3,(H2,25,26,27)/t15-,16-,19+/m0/s1. The number of rotatable bonds is 10. The molecule has 3 rings (SSSR count). The average Bonchev–Trinajstić information content (AvgIpc) is 3.40. The van der Waals surface area contributed by atoms with E-state index in [-0.39, 0.29) is 18.6 Å². The molecule has 2 aromatic rings. The van der Waals surface area contributed by atoms with Crippen molar-refractivity contribution in [2.45, 2.75) is 67.1 Å². The van der Waals surface area contributed by atoms with Crippen molar-refractivity contribution in [2.75, 3.05) is 25.9 Å². The molecule has 1 aliphatic rings. The molecule has 0 amide bonds. The molecule has 0 radical (unpaired) electrons. The summed E-state index contributed by atoms with van der Waals surface area (Å²) in [5, 5.41) is 4.27. The Bertz CT molecular complexity index is 1150. The fourth-order valence-corrected chi connectivity index (χ4v) is 4.54. The predicted octanol–water partition coefficient (Wildman–Crippen LogP) is 4.03. The monoisotopic (exact) mass is 556 g/mol. The van der Waals surface area contributed by atoms with Gasteiger partial charge in [0.15, 0.2) is 5.82 Å². The third-order valence-electron chi connectivity index (χ3n) is 5.74. The highest BCUT2D eigenvalue weighted by molar-refractivity contribution is 7.48. The molecule has 0 spiro atoms. The van der Waals surface area contributed by atoms with Gasteiger partial charge in [-0.05, 0) is 66.0 Å². The van der Waals surface area contributed by atoms with Crippen LogP contribution in [-0.2, 0) is 41.9 Å². The van der Waals surface area contributed by atoms with Gasteiger partial charge in [-0.15, -0.1) is 0 Å². The number of anilines is 1. The number of phosphoric acid groups is 1. The van der Waals surface area contributed by atoms with Crippen molar-refractivity contribution in [3.63, 3.8) is 0 Å². The van der Waals surface area contributed by atoms with E-state index in [1.165, 1.54) is 6.33 Å². The molecule has 2 N–H and O–H groups in total. The number of carbonyl (C=O) groups is 2. The first-order valence-corrected chi connectivity index (χ1v) is 13.7. The lowest BCUT2D eigenvalue weighted by Crippen LogP contribution is -2.25. The molecule has 14 heteroatoms. The number of nitrogens with two attached hydrogens (primary N) is 1. The second kappa shape index (κ2) is 11.7. The molecule has 1 saturated heterocycles. The minimum atomic E-state index is -4.31. The largest absolute Gasteiger partial charge is 0.480 e. The summed E-state index contributed by atoms with van der Waals surface area (Å²) < 4.78 is 47.2. The van der Waals surface area contributed by atoms with E-state index in [1.54, 1.807) is 46.1 Å². The molecule has 2 aromatic heterocycles. The molecule has 0 aromatic carbocycles. The molecule has 13 nitrogen and oxygen atoms in total. The zero-order chi connectivity index (χ0) is 28.3. The molecule has 212 valence electrons. The summed E-state index contributed by atoms with van der Waals surface area (Å²) in [4.78, 5) is 28.1. The topological polar surface area (TPSA) is 163 Å². The summed E-state index contributed by atoms with van der Waals surface area (Å²) in [5.74, 6) is -0.711. The van der Waals surface area contributed by atoms with Crippen LogP contribution in [0.3, 0.4) is 0 Å². The molecule has 1 aliphatic heterocycles. The third kappa shape index (κ3) is 7.51. The van der Waals surface area contributed by atoms with E-state index in [0.29, 0.717) is 17.8 Å². The number of fused-ring (bicyclic) bond motifs is 1. The van der Waals surface area contributed by atoms with Gasteiger partial charge in [0, 0.05) is 0 Å². The molecule has 3 heterocycles. The number of hydrogen-bond acceptors (Lipinski definition) is 12. The summed E-state index contributed by atoms with van der Waals surface area (Å²) in [7, 11) is -4.31. The Balaban J connectivity index is 1.64. The maximum absolute atomic E-state index is 13.3. The molecule has 3 atom stereocenters. The lowest BCUT2D eigenvalue weighted by atomic mass is 9.98. The van der Waals surface area contributed by atoms with Gasteiger partial charge in [-0.2, -0.15) is 5.10 Å². The fourth-order valence-electron chi connectivity index (χ4n) is 3.60. The van der Waals surface area contributed by atoms with Crippen LogP contribution in [0.5, 0.6) is 0 Å². The van der Waals surface area contributed by atoms with Gasteiger partial charge >= 0.3 is 19.8 Å². The second-order valence-electron chi connectivity index (χ2n) is 11.2. The van der Waals surface area contributed by atoms with Crippen LogP contribution in [0, 0.1) is 16.7 Å². The number of aromatic nitrogens is 3. The highest BCUT2D eigenvalue weighted by Gasteiger charge is 2.38. The Kier molecular flexibility index (Phi) is 9.20. The number of carbonyl (C=O) groups excluding carboxylic acids is 2. The minimum absolute atomic E-state index is 0.0691. The van der Waals surface area contributed by atoms with Gasteiger partial charge in [0.2, 0.25) is 13.6 Å². The maximum atomic E-state index is 13.3. The first-order valence-electron chi connectivity index (χ1n) is 12.2. The fraction of sp³-hybridized carbons (Fsp3) is 0.667. The van der Waals surface area contributed by atoms with Gasteiger partial charge in [-0.3, -0.25) is 14.1 Å². The van der Waals surface area contributed by atoms with Crippen LogP contribution in [-0.4, -0.2) is 52.8 Å². The van der Waals surface area contributed by atoms with E-state index in [9.17, 15) is 14.2 Å². The number of nitrogen functional groups attached to an aromatic ring is 1. The van der Waals surface area contributed by atoms with E-state index in [1.807, 2.05) is 19.1 Å². The van der Waals surface area contributed by atoms with Crippen molar-refractivity contribution < 1.29 is 41.9 Å².